The fourth-order valence-corrected chi connectivity index (χ4v) is 3.53. The summed E-state index contributed by atoms with van der Waals surface area (Å²) in [5, 5.41) is 14.0. The number of pyridine rings is 2. The highest BCUT2D eigenvalue weighted by molar-refractivity contribution is 14.2. The molecule has 0 saturated heterocycles. The topological polar surface area (TPSA) is 75.1 Å². The van der Waals surface area contributed by atoms with Crippen LogP contribution in [0, 0.1) is 3.57 Å². The summed E-state index contributed by atoms with van der Waals surface area (Å²) in [6.07, 6.45) is 1.60. The summed E-state index contributed by atoms with van der Waals surface area (Å²) in [6.45, 7) is 5.46. The van der Waals surface area contributed by atoms with Crippen molar-refractivity contribution >= 4 is 47.6 Å². The number of benzene rings is 1. The number of Topliss-reactive ketones (excluding diaryl/α,β-unsaturated/α-hetero) is 1. The molecule has 0 spiro atoms. The van der Waals surface area contributed by atoms with Crippen LogP contribution in [0.25, 0.3) is 27.9 Å². The fraction of sp³-hybridized carbons (Fsp3) is 0.100. The van der Waals surface area contributed by atoms with Crippen LogP contribution in [0.2, 0.25) is 0 Å². The van der Waals surface area contributed by atoms with Crippen molar-refractivity contribution in [3.8, 4) is 17.0 Å². The molecule has 0 bridgehead atoms. The molecular weight excluding hydrogens is 441 g/mol. The van der Waals surface area contributed by atoms with Gasteiger partial charge in [-0.1, -0.05) is 44.0 Å². The summed E-state index contributed by atoms with van der Waals surface area (Å²) in [5.41, 5.74) is 3.15. The molecule has 132 valence electrons. The van der Waals surface area contributed by atoms with Crippen molar-refractivity contribution < 1.29 is 9.90 Å². The summed E-state index contributed by atoms with van der Waals surface area (Å²) in [6, 6.07) is 11.9. The van der Waals surface area contributed by atoms with E-state index in [0.29, 0.717) is 22.3 Å². The summed E-state index contributed by atoms with van der Waals surface area (Å²) < 4.78 is 5.26. The number of aromatic nitrogens is 2. The van der Waals surface area contributed by atoms with Gasteiger partial charge in [0, 0.05) is 14.5 Å². The number of halogens is 1. The Labute approximate surface area is 161 Å². The summed E-state index contributed by atoms with van der Waals surface area (Å²) >= 11 is -0.231. The van der Waals surface area contributed by atoms with E-state index in [1.54, 1.807) is 6.20 Å². The molecule has 0 aliphatic heterocycles. The van der Waals surface area contributed by atoms with E-state index in [-0.39, 0.29) is 38.8 Å². The lowest BCUT2D eigenvalue weighted by Crippen LogP contribution is -2.19. The van der Waals surface area contributed by atoms with Gasteiger partial charge in [-0.25, -0.2) is 9.97 Å². The van der Waals surface area contributed by atoms with Crippen molar-refractivity contribution in [1.82, 2.24) is 15.3 Å². The number of nitrogens with zero attached hydrogens (tertiary/aromatic N) is 2. The van der Waals surface area contributed by atoms with Crippen LogP contribution in [0.3, 0.4) is 0 Å². The standard InChI is InChI=1S/C20H18IN3O2/c1-12(25)10-22-13(2)19-20(26)16-7-8-17(24-18(16)11-23-19)14-5-4-6-15(9-14)21-3/h4-9,11,22,26H,2-3,10H2,1H3. The van der Waals surface area contributed by atoms with E-state index in [1.807, 2.05) is 24.3 Å². The van der Waals surface area contributed by atoms with Crippen LogP contribution in [0.1, 0.15) is 12.6 Å². The zero-order valence-corrected chi connectivity index (χ0v) is 16.4. The third-order valence-electron chi connectivity index (χ3n) is 3.83. The highest BCUT2D eigenvalue weighted by atomic mass is 127. The minimum absolute atomic E-state index is 0.0000207. The number of carbonyl (C=O) groups excluding carboxylic acids is 1. The van der Waals surface area contributed by atoms with Crippen LogP contribution in [0.15, 0.2) is 49.2 Å². The first-order valence-electron chi connectivity index (χ1n) is 7.89. The predicted molar refractivity (Wildman–Crippen MR) is 114 cm³/mol. The molecular formula is C20H18IN3O2. The molecule has 2 heterocycles. The maximum atomic E-state index is 11.1. The summed E-state index contributed by atoms with van der Waals surface area (Å²) in [7, 11) is 0. The van der Waals surface area contributed by atoms with E-state index in [4.69, 9.17) is 0 Å². The number of fused-ring (bicyclic) bond motifs is 1. The number of hydrogen-bond donors (Lipinski definition) is 2. The maximum Gasteiger partial charge on any atom is 0.152 e. The van der Waals surface area contributed by atoms with E-state index < -0.39 is 0 Å². The minimum atomic E-state index is -0.231. The third-order valence-corrected chi connectivity index (χ3v) is 5.38. The molecule has 0 atom stereocenters. The van der Waals surface area contributed by atoms with Crippen LogP contribution >= 0.6 is 20.7 Å². The number of rotatable bonds is 6. The molecule has 3 aromatic rings. The molecule has 0 saturated carbocycles. The minimum Gasteiger partial charge on any atom is -0.505 e. The monoisotopic (exact) mass is 459 g/mol. The van der Waals surface area contributed by atoms with Gasteiger partial charge in [-0.2, -0.15) is 0 Å². The Hall–Kier alpha value is -2.61. The highest BCUT2D eigenvalue weighted by Gasteiger charge is 2.13. The van der Waals surface area contributed by atoms with Gasteiger partial charge in [-0.05, 0) is 31.2 Å². The Morgan fingerprint density at radius 1 is 1.31 bits per heavy atom. The van der Waals surface area contributed by atoms with Gasteiger partial charge >= 0.3 is 0 Å². The number of nitrogens with one attached hydrogen (secondary N) is 1. The first-order valence-corrected chi connectivity index (χ1v) is 10.5. The highest BCUT2D eigenvalue weighted by Crippen LogP contribution is 2.31. The second-order valence-electron chi connectivity index (χ2n) is 5.76. The van der Waals surface area contributed by atoms with Gasteiger partial charge in [0.05, 0.1) is 29.6 Å². The lowest BCUT2D eigenvalue weighted by Gasteiger charge is -2.11. The molecule has 0 radical (unpaired) electrons. The number of hydrogen-bond acceptors (Lipinski definition) is 5. The smallest absolute Gasteiger partial charge is 0.152 e. The normalized spacial score (nSPS) is 10.7. The molecule has 0 unspecified atom stereocenters. The van der Waals surface area contributed by atoms with Crippen molar-refractivity contribution in [1.29, 1.82) is 0 Å². The molecule has 0 fully saturated rings. The lowest BCUT2D eigenvalue weighted by molar-refractivity contribution is -0.116. The molecule has 5 nitrogen and oxygen atoms in total. The van der Waals surface area contributed by atoms with Gasteiger partial charge in [0.2, 0.25) is 0 Å². The van der Waals surface area contributed by atoms with Crippen molar-refractivity contribution in [3.63, 3.8) is 0 Å². The SMILES string of the molecule is C=Ic1cccc(-c2ccc3c(O)c(C(=C)NCC(C)=O)ncc3n2)c1. The molecule has 26 heavy (non-hydrogen) atoms. The summed E-state index contributed by atoms with van der Waals surface area (Å²) in [4.78, 5) is 20.0. The van der Waals surface area contributed by atoms with E-state index in [2.05, 4.69) is 38.5 Å². The Morgan fingerprint density at radius 2 is 2.12 bits per heavy atom. The summed E-state index contributed by atoms with van der Waals surface area (Å²) in [5.74, 6) is -0.0235. The number of ketones is 1. The maximum absolute atomic E-state index is 11.1. The molecule has 6 heteroatoms. The Morgan fingerprint density at radius 3 is 2.85 bits per heavy atom. The predicted octanol–water partition coefficient (Wildman–Crippen LogP) is 3.72. The van der Waals surface area contributed by atoms with Gasteiger partial charge in [0.15, 0.2) is 5.75 Å². The number of carbonyl (C=O) groups is 1. The van der Waals surface area contributed by atoms with Crippen LogP contribution in [0.5, 0.6) is 5.75 Å². The van der Waals surface area contributed by atoms with Gasteiger partial charge in [-0.15, -0.1) is 0 Å². The van der Waals surface area contributed by atoms with Gasteiger partial charge in [0.1, 0.15) is 11.5 Å². The molecule has 0 aliphatic rings. The van der Waals surface area contributed by atoms with E-state index >= 15 is 0 Å². The Balaban J connectivity index is 1.99. The van der Waals surface area contributed by atoms with Crippen molar-refractivity contribution in [2.45, 2.75) is 6.92 Å². The zero-order valence-electron chi connectivity index (χ0n) is 14.3. The first kappa shape index (κ1) is 18.2. The molecule has 0 amide bonds. The second-order valence-corrected chi connectivity index (χ2v) is 7.77. The van der Waals surface area contributed by atoms with Crippen LogP contribution in [-0.4, -0.2) is 31.9 Å². The third kappa shape index (κ3) is 3.80. The molecule has 2 N–H and O–H groups in total. The fourth-order valence-electron chi connectivity index (χ4n) is 2.52. The van der Waals surface area contributed by atoms with Crippen LogP contribution in [-0.2, 0) is 4.79 Å². The Kier molecular flexibility index (Phi) is 5.41. The quantitative estimate of drug-likeness (QED) is 0.550. The Bertz CT molecular complexity index is 1030. The molecule has 0 aliphatic carbocycles. The molecule has 1 aromatic carbocycles. The molecule has 3 rings (SSSR count). The van der Waals surface area contributed by atoms with E-state index in [0.717, 1.165) is 11.3 Å². The van der Waals surface area contributed by atoms with Crippen molar-refractivity contribution in [2.24, 2.45) is 0 Å². The van der Waals surface area contributed by atoms with Crippen LogP contribution < -0.4 is 5.32 Å². The zero-order chi connectivity index (χ0) is 18.7. The molecule has 2 aromatic heterocycles. The average Bonchev–Trinajstić information content (AvgIpc) is 2.66. The van der Waals surface area contributed by atoms with Crippen molar-refractivity contribution in [3.05, 3.63) is 58.4 Å². The van der Waals surface area contributed by atoms with Gasteiger partial charge in [-0.3, -0.25) is 4.79 Å². The lowest BCUT2D eigenvalue weighted by atomic mass is 10.1. The average molecular weight is 459 g/mol. The first-order chi connectivity index (χ1) is 12.5. The van der Waals surface area contributed by atoms with Gasteiger partial charge in [0.25, 0.3) is 0 Å². The van der Waals surface area contributed by atoms with Gasteiger partial charge < -0.3 is 10.4 Å². The van der Waals surface area contributed by atoms with Crippen LogP contribution in [0.4, 0.5) is 0 Å². The van der Waals surface area contributed by atoms with E-state index in [1.165, 1.54) is 10.5 Å². The largest absolute Gasteiger partial charge is 0.505 e. The van der Waals surface area contributed by atoms with Crippen molar-refractivity contribution in [2.75, 3.05) is 6.54 Å². The number of aromatic hydroxyl groups is 1. The van der Waals surface area contributed by atoms with E-state index in [9.17, 15) is 9.90 Å². The second kappa shape index (κ2) is 7.74.